The van der Waals surface area contributed by atoms with Crippen LogP contribution in [-0.2, 0) is 25.3 Å². The topological polar surface area (TPSA) is 83.9 Å². The fourth-order valence-corrected chi connectivity index (χ4v) is 6.62. The minimum Gasteiger partial charge on any atom is -0.466 e. The minimum absolute atomic E-state index is 0.134. The first-order chi connectivity index (χ1) is 15.4. The average molecular weight is 476 g/mol. The Kier molecular flexibility index (Phi) is 6.60. The van der Waals surface area contributed by atoms with E-state index in [2.05, 4.69) is 0 Å². The molecule has 0 amide bonds. The molecule has 3 atom stereocenters. The molecule has 4 rings (SSSR count). The van der Waals surface area contributed by atoms with E-state index in [9.17, 15) is 18.3 Å². The molecule has 2 aliphatic rings. The number of nitrogens with zero attached hydrogens (tertiary/aromatic N) is 1. The maximum absolute atomic E-state index is 13.5. The first-order valence-electron chi connectivity index (χ1n) is 10.7. The summed E-state index contributed by atoms with van der Waals surface area (Å²) in [4.78, 5) is 12.8. The quantitative estimate of drug-likeness (QED) is 0.506. The van der Waals surface area contributed by atoms with Gasteiger partial charge in [-0.1, -0.05) is 54.1 Å². The second kappa shape index (κ2) is 9.25. The van der Waals surface area contributed by atoms with Gasteiger partial charge in [0.15, 0.2) is 0 Å². The standard InChI is InChI=1S/C24H26ClNO5S/c1-2-31-24(28)20-10-8-17(14-27)21-13-26(22-12-18(25)9-11-19(22)23(20)21)32(29,30)15-16-6-4-3-5-7-16/h3-9,11-12,20-21,23,27H,2,10,13-15H2,1H3/t20-,21+,23+/m0/s1. The van der Waals surface area contributed by atoms with Gasteiger partial charge in [-0.05, 0) is 42.2 Å². The number of rotatable bonds is 6. The van der Waals surface area contributed by atoms with Crippen LogP contribution in [0.2, 0.25) is 5.02 Å². The van der Waals surface area contributed by atoms with Gasteiger partial charge < -0.3 is 9.84 Å². The second-order valence-corrected chi connectivity index (χ2v) is 10.5. The summed E-state index contributed by atoms with van der Waals surface area (Å²) in [6, 6.07) is 14.2. The largest absolute Gasteiger partial charge is 0.466 e. The molecule has 1 aliphatic heterocycles. The van der Waals surface area contributed by atoms with Crippen LogP contribution in [-0.4, -0.2) is 39.3 Å². The van der Waals surface area contributed by atoms with Gasteiger partial charge in [0, 0.05) is 23.4 Å². The number of aliphatic hydroxyl groups excluding tert-OH is 1. The first kappa shape index (κ1) is 22.8. The molecule has 8 heteroatoms. The fourth-order valence-electron chi connectivity index (χ4n) is 4.84. The van der Waals surface area contributed by atoms with Crippen molar-refractivity contribution in [1.29, 1.82) is 0 Å². The summed E-state index contributed by atoms with van der Waals surface area (Å²) in [5.41, 5.74) is 2.66. The maximum atomic E-state index is 13.5. The van der Waals surface area contributed by atoms with E-state index in [1.54, 1.807) is 49.4 Å². The molecule has 0 saturated carbocycles. The maximum Gasteiger partial charge on any atom is 0.309 e. The summed E-state index contributed by atoms with van der Waals surface area (Å²) in [7, 11) is -3.75. The average Bonchev–Trinajstić information content (AvgIpc) is 2.78. The summed E-state index contributed by atoms with van der Waals surface area (Å²) >= 11 is 6.27. The molecule has 0 bridgehead atoms. The van der Waals surface area contributed by atoms with Crippen LogP contribution in [0, 0.1) is 11.8 Å². The number of anilines is 1. The number of sulfonamides is 1. The zero-order valence-electron chi connectivity index (χ0n) is 17.8. The van der Waals surface area contributed by atoms with Gasteiger partial charge in [0.2, 0.25) is 10.0 Å². The number of ether oxygens (including phenoxy) is 1. The van der Waals surface area contributed by atoms with Gasteiger partial charge in [0.05, 0.1) is 30.6 Å². The molecule has 32 heavy (non-hydrogen) atoms. The monoisotopic (exact) mass is 475 g/mol. The van der Waals surface area contributed by atoms with Crippen molar-refractivity contribution in [2.24, 2.45) is 11.8 Å². The molecule has 0 aromatic heterocycles. The zero-order chi connectivity index (χ0) is 22.9. The second-order valence-electron chi connectivity index (χ2n) is 8.14. The highest BCUT2D eigenvalue weighted by atomic mass is 35.5. The van der Waals surface area contributed by atoms with E-state index in [0.29, 0.717) is 22.7 Å². The lowest BCUT2D eigenvalue weighted by molar-refractivity contribution is -0.149. The lowest BCUT2D eigenvalue weighted by Gasteiger charge is -2.45. The summed E-state index contributed by atoms with van der Waals surface area (Å²) in [6.45, 7) is 1.98. The van der Waals surface area contributed by atoms with Crippen molar-refractivity contribution in [2.75, 3.05) is 24.1 Å². The summed E-state index contributed by atoms with van der Waals surface area (Å²) < 4.78 is 33.8. The van der Waals surface area contributed by atoms with Gasteiger partial charge in [0.1, 0.15) is 0 Å². The molecular weight excluding hydrogens is 450 g/mol. The number of aliphatic hydroxyl groups is 1. The van der Waals surface area contributed by atoms with Gasteiger partial charge in [-0.3, -0.25) is 9.10 Å². The molecule has 1 N–H and O–H groups in total. The Morgan fingerprint density at radius 3 is 2.66 bits per heavy atom. The van der Waals surface area contributed by atoms with Crippen molar-refractivity contribution >= 4 is 33.3 Å². The Hall–Kier alpha value is -2.35. The number of hydrogen-bond donors (Lipinski definition) is 1. The van der Waals surface area contributed by atoms with Crippen LogP contribution in [0.4, 0.5) is 5.69 Å². The van der Waals surface area contributed by atoms with Crippen molar-refractivity contribution in [3.8, 4) is 0 Å². The van der Waals surface area contributed by atoms with Crippen molar-refractivity contribution in [2.45, 2.75) is 25.0 Å². The van der Waals surface area contributed by atoms with Gasteiger partial charge >= 0.3 is 5.97 Å². The van der Waals surface area contributed by atoms with Crippen LogP contribution in [0.25, 0.3) is 0 Å². The Balaban J connectivity index is 1.81. The molecule has 2 aromatic carbocycles. The highest BCUT2D eigenvalue weighted by Gasteiger charge is 2.47. The van der Waals surface area contributed by atoms with Gasteiger partial charge in [-0.15, -0.1) is 0 Å². The summed E-state index contributed by atoms with van der Waals surface area (Å²) in [6.07, 6.45) is 2.29. The van der Waals surface area contributed by atoms with Crippen LogP contribution in [0.5, 0.6) is 0 Å². The van der Waals surface area contributed by atoms with Crippen LogP contribution in [0.3, 0.4) is 0 Å². The van der Waals surface area contributed by atoms with E-state index in [1.807, 2.05) is 12.1 Å². The molecule has 1 heterocycles. The predicted octanol–water partition coefficient (Wildman–Crippen LogP) is 3.89. The zero-order valence-corrected chi connectivity index (χ0v) is 19.3. The number of esters is 1. The number of benzene rings is 2. The van der Waals surface area contributed by atoms with E-state index in [0.717, 1.165) is 11.1 Å². The van der Waals surface area contributed by atoms with E-state index >= 15 is 0 Å². The number of carbonyl (C=O) groups is 1. The van der Waals surface area contributed by atoms with Gasteiger partial charge in [0.25, 0.3) is 0 Å². The third kappa shape index (κ3) is 4.29. The smallest absolute Gasteiger partial charge is 0.309 e. The van der Waals surface area contributed by atoms with Crippen molar-refractivity contribution in [3.63, 3.8) is 0 Å². The SMILES string of the molecule is CCOC(=O)[C@H]1CC=C(CO)[C@H]2CN(S(=O)(=O)Cc3ccccc3)c3cc(Cl)ccc3[C@H]12. The highest BCUT2D eigenvalue weighted by molar-refractivity contribution is 7.92. The minimum atomic E-state index is -3.75. The third-order valence-corrected chi connectivity index (χ3v) is 8.21. The predicted molar refractivity (Wildman–Crippen MR) is 124 cm³/mol. The van der Waals surface area contributed by atoms with Crippen LogP contribution < -0.4 is 4.31 Å². The molecule has 170 valence electrons. The Labute approximate surface area is 193 Å². The van der Waals surface area contributed by atoms with E-state index in [1.165, 1.54) is 4.31 Å². The van der Waals surface area contributed by atoms with Crippen LogP contribution >= 0.6 is 11.6 Å². The fraction of sp³-hybridized carbons (Fsp3) is 0.375. The summed E-state index contributed by atoms with van der Waals surface area (Å²) in [5, 5.41) is 10.4. The number of allylic oxidation sites excluding steroid dienone is 1. The number of hydrogen-bond acceptors (Lipinski definition) is 5. The van der Waals surface area contributed by atoms with Crippen LogP contribution in [0.15, 0.2) is 60.2 Å². The van der Waals surface area contributed by atoms with E-state index in [4.69, 9.17) is 16.3 Å². The Bertz CT molecular complexity index is 1130. The van der Waals surface area contributed by atoms with Crippen molar-refractivity contribution in [3.05, 3.63) is 76.3 Å². The van der Waals surface area contributed by atoms with Gasteiger partial charge in [-0.2, -0.15) is 0 Å². The van der Waals surface area contributed by atoms with Crippen molar-refractivity contribution < 1.29 is 23.1 Å². The molecule has 0 unspecified atom stereocenters. The molecule has 6 nitrogen and oxygen atoms in total. The number of carbonyl (C=O) groups excluding carboxylic acids is 1. The Morgan fingerprint density at radius 1 is 1.22 bits per heavy atom. The molecule has 0 spiro atoms. The Morgan fingerprint density at radius 2 is 1.97 bits per heavy atom. The lowest BCUT2D eigenvalue weighted by Crippen LogP contribution is -2.47. The molecule has 1 aliphatic carbocycles. The first-order valence-corrected chi connectivity index (χ1v) is 12.6. The molecule has 0 saturated heterocycles. The number of halogens is 1. The van der Waals surface area contributed by atoms with E-state index < -0.39 is 15.9 Å². The third-order valence-electron chi connectivity index (χ3n) is 6.26. The van der Waals surface area contributed by atoms with Gasteiger partial charge in [-0.25, -0.2) is 8.42 Å². The molecular formula is C24H26ClNO5S. The highest BCUT2D eigenvalue weighted by Crippen LogP contribution is 2.50. The molecule has 2 aromatic rings. The van der Waals surface area contributed by atoms with Crippen molar-refractivity contribution in [1.82, 2.24) is 0 Å². The normalized spacial score (nSPS) is 22.5. The van der Waals surface area contributed by atoms with Crippen LogP contribution in [0.1, 0.15) is 30.4 Å². The van der Waals surface area contributed by atoms with E-state index in [-0.39, 0.29) is 43.3 Å². The summed E-state index contributed by atoms with van der Waals surface area (Å²) in [5.74, 6) is -1.54. The number of fused-ring (bicyclic) bond motifs is 3. The molecule has 0 radical (unpaired) electrons. The lowest BCUT2D eigenvalue weighted by atomic mass is 9.67. The molecule has 0 fully saturated rings.